The summed E-state index contributed by atoms with van der Waals surface area (Å²) < 4.78 is 5.42. The predicted molar refractivity (Wildman–Crippen MR) is 62.7 cm³/mol. The Bertz CT molecular complexity index is 477. The van der Waals surface area contributed by atoms with Crippen molar-refractivity contribution in [2.45, 2.75) is 5.09 Å². The molecule has 2 aromatic rings. The van der Waals surface area contributed by atoms with Gasteiger partial charge in [0.05, 0.1) is 6.21 Å². The minimum absolute atomic E-state index is 0.486. The molecule has 0 N–H and O–H groups in total. The van der Waals surface area contributed by atoms with Crippen molar-refractivity contribution >= 4 is 18.8 Å². The quantitative estimate of drug-likeness (QED) is 0.621. The first-order chi connectivity index (χ1) is 7.31. The van der Waals surface area contributed by atoms with Crippen LogP contribution in [0.15, 0.2) is 44.8 Å². The van der Waals surface area contributed by atoms with Gasteiger partial charge < -0.3 is 4.42 Å². The highest BCUT2D eigenvalue weighted by atomic mass is 32.1. The van der Waals surface area contributed by atoms with Crippen LogP contribution in [0.1, 0.15) is 5.69 Å². The highest BCUT2D eigenvalue weighted by Gasteiger charge is 2.09. The van der Waals surface area contributed by atoms with Crippen LogP contribution in [0.5, 0.6) is 0 Å². The van der Waals surface area contributed by atoms with Crippen molar-refractivity contribution in [3.05, 3.63) is 36.0 Å². The molecule has 0 bridgehead atoms. The molecule has 0 radical (unpaired) electrons. The number of hydrogen-bond donors (Lipinski definition) is 1. The zero-order valence-electron chi connectivity index (χ0n) is 8.21. The van der Waals surface area contributed by atoms with Crippen LogP contribution < -0.4 is 0 Å². The molecule has 0 atom stereocenters. The summed E-state index contributed by atoms with van der Waals surface area (Å²) in [4.78, 5) is 8.15. The number of aliphatic imine (C=N–C) groups is 1. The third kappa shape index (κ3) is 2.10. The Balaban J connectivity index is 2.43. The summed E-state index contributed by atoms with van der Waals surface area (Å²) in [6.45, 7) is 0. The molecule has 0 unspecified atom stereocenters. The maximum atomic E-state index is 5.42. The summed E-state index contributed by atoms with van der Waals surface area (Å²) in [5.41, 5.74) is 1.59. The van der Waals surface area contributed by atoms with E-state index in [1.54, 1.807) is 13.3 Å². The normalized spacial score (nSPS) is 11.1. The average Bonchev–Trinajstić information content (AvgIpc) is 2.63. The van der Waals surface area contributed by atoms with Gasteiger partial charge in [-0.3, -0.25) is 4.99 Å². The summed E-state index contributed by atoms with van der Waals surface area (Å²) in [5, 5.41) is 0.486. The molecule has 1 aromatic carbocycles. The van der Waals surface area contributed by atoms with Gasteiger partial charge in [-0.05, 0) is 12.1 Å². The summed E-state index contributed by atoms with van der Waals surface area (Å²) in [5.74, 6) is 0.565. The second-order valence-corrected chi connectivity index (χ2v) is 3.37. The van der Waals surface area contributed by atoms with Crippen molar-refractivity contribution in [3.8, 4) is 11.5 Å². The molecule has 0 aliphatic carbocycles. The van der Waals surface area contributed by atoms with E-state index in [1.807, 2.05) is 30.3 Å². The molecule has 0 saturated carbocycles. The lowest BCUT2D eigenvalue weighted by Gasteiger charge is -1.91. The predicted octanol–water partition coefficient (Wildman–Crippen LogP) is 2.68. The number of aromatic nitrogens is 1. The lowest BCUT2D eigenvalue weighted by molar-refractivity contribution is 0.485. The van der Waals surface area contributed by atoms with Crippen LogP contribution in [0.25, 0.3) is 11.5 Å². The van der Waals surface area contributed by atoms with Crippen LogP contribution in [0.2, 0.25) is 0 Å². The van der Waals surface area contributed by atoms with Crippen LogP contribution in [-0.4, -0.2) is 18.2 Å². The second-order valence-electron chi connectivity index (χ2n) is 2.96. The van der Waals surface area contributed by atoms with E-state index in [1.165, 1.54) is 0 Å². The molecule has 1 heterocycles. The molecule has 0 amide bonds. The minimum Gasteiger partial charge on any atom is -0.429 e. The zero-order valence-corrected chi connectivity index (χ0v) is 9.11. The third-order valence-corrected chi connectivity index (χ3v) is 2.23. The molecule has 1 aromatic heterocycles. The number of benzene rings is 1. The molecule has 0 saturated heterocycles. The van der Waals surface area contributed by atoms with Gasteiger partial charge in [0.25, 0.3) is 0 Å². The number of thiol groups is 1. The highest BCUT2D eigenvalue weighted by molar-refractivity contribution is 7.80. The lowest BCUT2D eigenvalue weighted by atomic mass is 10.2. The van der Waals surface area contributed by atoms with Crippen molar-refractivity contribution in [1.29, 1.82) is 0 Å². The molecule has 15 heavy (non-hydrogen) atoms. The monoisotopic (exact) mass is 218 g/mol. The van der Waals surface area contributed by atoms with Crippen LogP contribution in [0, 0.1) is 0 Å². The van der Waals surface area contributed by atoms with Gasteiger partial charge in [0.1, 0.15) is 5.69 Å². The van der Waals surface area contributed by atoms with E-state index in [4.69, 9.17) is 4.42 Å². The molecular weight excluding hydrogens is 208 g/mol. The smallest absolute Gasteiger partial charge is 0.228 e. The maximum Gasteiger partial charge on any atom is 0.228 e. The molecule has 0 aliphatic rings. The Morgan fingerprint density at radius 3 is 2.73 bits per heavy atom. The van der Waals surface area contributed by atoms with E-state index in [0.29, 0.717) is 16.7 Å². The summed E-state index contributed by atoms with van der Waals surface area (Å²) in [6.07, 6.45) is 1.62. The molecule has 2 rings (SSSR count). The van der Waals surface area contributed by atoms with E-state index in [9.17, 15) is 0 Å². The fraction of sp³-hybridized carbons (Fsp3) is 0.0909. The maximum absolute atomic E-state index is 5.42. The van der Waals surface area contributed by atoms with Gasteiger partial charge >= 0.3 is 0 Å². The standard InChI is InChI=1S/C11H10N2OS/c1-12-7-9-11(15)14-10(13-9)8-5-3-2-4-6-8/h2-7,15H,1H3. The first-order valence-corrected chi connectivity index (χ1v) is 4.93. The van der Waals surface area contributed by atoms with Crippen molar-refractivity contribution in [2.24, 2.45) is 4.99 Å². The summed E-state index contributed by atoms with van der Waals surface area (Å²) in [7, 11) is 1.68. The fourth-order valence-corrected chi connectivity index (χ4v) is 1.43. The molecule has 76 valence electrons. The van der Waals surface area contributed by atoms with Gasteiger partial charge in [0.15, 0.2) is 5.09 Å². The van der Waals surface area contributed by atoms with Crippen molar-refractivity contribution in [3.63, 3.8) is 0 Å². The van der Waals surface area contributed by atoms with Crippen molar-refractivity contribution in [1.82, 2.24) is 4.98 Å². The number of rotatable bonds is 2. The molecule has 0 spiro atoms. The van der Waals surface area contributed by atoms with Gasteiger partial charge in [-0.2, -0.15) is 0 Å². The highest BCUT2D eigenvalue weighted by Crippen LogP contribution is 2.22. The number of hydrogen-bond acceptors (Lipinski definition) is 4. The Morgan fingerprint density at radius 2 is 2.07 bits per heavy atom. The number of nitrogens with zero attached hydrogens (tertiary/aromatic N) is 2. The van der Waals surface area contributed by atoms with E-state index < -0.39 is 0 Å². The van der Waals surface area contributed by atoms with Crippen molar-refractivity contribution < 1.29 is 4.42 Å². The minimum atomic E-state index is 0.486. The Kier molecular flexibility index (Phi) is 2.87. The largest absolute Gasteiger partial charge is 0.429 e. The molecule has 3 nitrogen and oxygen atoms in total. The molecule has 0 fully saturated rings. The Hall–Kier alpha value is -1.55. The van der Waals surface area contributed by atoms with E-state index in [2.05, 4.69) is 22.6 Å². The first kappa shape index (κ1) is 9.98. The van der Waals surface area contributed by atoms with E-state index >= 15 is 0 Å². The molecule has 4 heteroatoms. The lowest BCUT2D eigenvalue weighted by Crippen LogP contribution is -1.82. The fourth-order valence-electron chi connectivity index (χ4n) is 1.23. The van der Waals surface area contributed by atoms with Crippen LogP contribution in [-0.2, 0) is 0 Å². The number of oxazole rings is 1. The van der Waals surface area contributed by atoms with Gasteiger partial charge in [0.2, 0.25) is 5.89 Å². The average molecular weight is 218 g/mol. The van der Waals surface area contributed by atoms with Gasteiger partial charge in [-0.25, -0.2) is 4.98 Å². The Labute approximate surface area is 93.3 Å². The van der Waals surface area contributed by atoms with Gasteiger partial charge in [-0.15, -0.1) is 12.6 Å². The van der Waals surface area contributed by atoms with Gasteiger partial charge in [-0.1, -0.05) is 18.2 Å². The summed E-state index contributed by atoms with van der Waals surface area (Å²) >= 11 is 4.18. The van der Waals surface area contributed by atoms with Crippen LogP contribution in [0.4, 0.5) is 0 Å². The van der Waals surface area contributed by atoms with Crippen LogP contribution in [0.3, 0.4) is 0 Å². The summed E-state index contributed by atoms with van der Waals surface area (Å²) in [6, 6.07) is 9.69. The topological polar surface area (TPSA) is 38.4 Å². The third-order valence-electron chi connectivity index (χ3n) is 1.91. The van der Waals surface area contributed by atoms with E-state index in [0.717, 1.165) is 5.56 Å². The SMILES string of the molecule is CN=Cc1nc(-c2ccccc2)oc1S. The van der Waals surface area contributed by atoms with Crippen LogP contribution >= 0.6 is 12.6 Å². The second kappa shape index (κ2) is 4.31. The van der Waals surface area contributed by atoms with Gasteiger partial charge in [0, 0.05) is 12.6 Å². The Morgan fingerprint density at radius 1 is 1.33 bits per heavy atom. The molecule has 0 aliphatic heterocycles. The van der Waals surface area contributed by atoms with E-state index in [-0.39, 0.29) is 0 Å². The van der Waals surface area contributed by atoms with Crippen molar-refractivity contribution in [2.75, 3.05) is 7.05 Å². The zero-order chi connectivity index (χ0) is 10.7. The first-order valence-electron chi connectivity index (χ1n) is 4.48. The molecular formula is C11H10N2OS.